The Morgan fingerprint density at radius 2 is 2.10 bits per heavy atom. The first kappa shape index (κ1) is 16.2. The summed E-state index contributed by atoms with van der Waals surface area (Å²) in [6, 6.07) is 2.65. The van der Waals surface area contributed by atoms with Crippen LogP contribution in [0.25, 0.3) is 0 Å². The number of benzene rings is 1. The lowest BCUT2D eigenvalue weighted by Gasteiger charge is -2.34. The largest absolute Gasteiger partial charge is 0.396 e. The molecule has 2 N–H and O–H groups in total. The molecule has 0 aromatic heterocycles. The molecule has 0 radical (unpaired) electrons. The quantitative estimate of drug-likeness (QED) is 0.869. The molecular weight excluding hydrogens is 291 g/mol. The summed E-state index contributed by atoms with van der Waals surface area (Å²) in [5.74, 6) is -0.544. The Hall–Kier alpha value is -1.14. The van der Waals surface area contributed by atoms with Gasteiger partial charge in [-0.05, 0) is 43.9 Å². The monoisotopic (exact) mass is 314 g/mol. The maximum absolute atomic E-state index is 13.6. The number of rotatable bonds is 4. The highest BCUT2D eigenvalue weighted by atomic mass is 32.2. The van der Waals surface area contributed by atoms with Crippen molar-refractivity contribution in [1.29, 1.82) is 0 Å². The Morgan fingerprint density at radius 3 is 2.71 bits per heavy atom. The van der Waals surface area contributed by atoms with Crippen LogP contribution in [0.1, 0.15) is 44.6 Å². The number of aryl methyl sites for hydroxylation is 1. The third-order valence-electron chi connectivity index (χ3n) is 4.06. The van der Waals surface area contributed by atoms with E-state index < -0.39 is 15.8 Å². The van der Waals surface area contributed by atoms with Gasteiger partial charge in [-0.2, -0.15) is 4.31 Å². The third-order valence-corrected chi connectivity index (χ3v) is 5.99. The molecule has 0 saturated carbocycles. The maximum Gasteiger partial charge on any atom is 0.243 e. The molecule has 0 bridgehead atoms. The standard InChI is InChI=1S/C15H23FN2O2S/c1-3-6-12-7-4-5-8-18(12)21(19,20)13-9-11(2)15(16)14(17)10-13/h9-10,12H,3-8,17H2,1-2H3. The Morgan fingerprint density at radius 1 is 1.38 bits per heavy atom. The smallest absolute Gasteiger partial charge is 0.243 e. The zero-order valence-electron chi connectivity index (χ0n) is 12.6. The predicted molar refractivity (Wildman–Crippen MR) is 82.0 cm³/mol. The van der Waals surface area contributed by atoms with Crippen LogP contribution < -0.4 is 5.73 Å². The molecule has 2 rings (SSSR count). The van der Waals surface area contributed by atoms with Crippen molar-refractivity contribution in [2.24, 2.45) is 0 Å². The summed E-state index contributed by atoms with van der Waals surface area (Å²) in [5, 5.41) is 0. The summed E-state index contributed by atoms with van der Waals surface area (Å²) in [6.45, 7) is 4.12. The Bertz CT molecular complexity index is 591. The fourth-order valence-corrected chi connectivity index (χ4v) is 4.80. The lowest BCUT2D eigenvalue weighted by molar-refractivity contribution is 0.239. The minimum absolute atomic E-state index is 0.0420. The molecule has 1 aromatic rings. The van der Waals surface area contributed by atoms with E-state index in [4.69, 9.17) is 5.73 Å². The summed E-state index contributed by atoms with van der Waals surface area (Å²) in [4.78, 5) is 0.0990. The molecule has 21 heavy (non-hydrogen) atoms. The number of hydrogen-bond donors (Lipinski definition) is 1. The highest BCUT2D eigenvalue weighted by molar-refractivity contribution is 7.89. The van der Waals surface area contributed by atoms with Crippen LogP contribution >= 0.6 is 0 Å². The van der Waals surface area contributed by atoms with Gasteiger partial charge in [-0.3, -0.25) is 0 Å². The number of hydrogen-bond acceptors (Lipinski definition) is 3. The fraction of sp³-hybridized carbons (Fsp3) is 0.600. The van der Waals surface area contributed by atoms with Crippen LogP contribution in [0, 0.1) is 12.7 Å². The fourth-order valence-electron chi connectivity index (χ4n) is 2.96. The van der Waals surface area contributed by atoms with Crippen LogP contribution in [-0.4, -0.2) is 25.3 Å². The molecule has 1 aromatic carbocycles. The molecule has 1 aliphatic heterocycles. The van der Waals surface area contributed by atoms with Crippen LogP contribution in [0.5, 0.6) is 0 Å². The highest BCUT2D eigenvalue weighted by Crippen LogP contribution is 2.30. The van der Waals surface area contributed by atoms with Crippen LogP contribution in [0.15, 0.2) is 17.0 Å². The van der Waals surface area contributed by atoms with E-state index >= 15 is 0 Å². The average Bonchev–Trinajstić information content (AvgIpc) is 2.45. The molecule has 1 saturated heterocycles. The van der Waals surface area contributed by atoms with Crippen LogP contribution in [0.2, 0.25) is 0 Å². The molecular formula is C15H23FN2O2S. The van der Waals surface area contributed by atoms with E-state index in [0.717, 1.165) is 32.1 Å². The molecule has 1 aliphatic rings. The van der Waals surface area contributed by atoms with Gasteiger partial charge >= 0.3 is 0 Å². The Labute approximate surface area is 126 Å². The third kappa shape index (κ3) is 3.21. The van der Waals surface area contributed by atoms with Crippen molar-refractivity contribution in [2.75, 3.05) is 12.3 Å². The Balaban J connectivity index is 2.40. The van der Waals surface area contributed by atoms with Gasteiger partial charge in [0.05, 0.1) is 10.6 Å². The molecule has 1 heterocycles. The number of nitrogens with zero attached hydrogens (tertiary/aromatic N) is 1. The maximum atomic E-state index is 13.6. The van der Waals surface area contributed by atoms with E-state index in [2.05, 4.69) is 6.92 Å². The van der Waals surface area contributed by atoms with Crippen molar-refractivity contribution in [1.82, 2.24) is 4.31 Å². The second kappa shape index (κ2) is 6.32. The molecule has 0 amide bonds. The predicted octanol–water partition coefficient (Wildman–Crippen LogP) is 3.06. The second-order valence-electron chi connectivity index (χ2n) is 5.70. The van der Waals surface area contributed by atoms with Gasteiger partial charge in [0, 0.05) is 12.6 Å². The molecule has 1 atom stereocenters. The number of nitrogen functional groups attached to an aromatic ring is 1. The number of anilines is 1. The van der Waals surface area contributed by atoms with Crippen molar-refractivity contribution < 1.29 is 12.8 Å². The van der Waals surface area contributed by atoms with E-state index in [1.807, 2.05) is 0 Å². The molecule has 118 valence electrons. The summed E-state index contributed by atoms with van der Waals surface area (Å²) in [6.07, 6.45) is 4.62. The number of sulfonamides is 1. The van der Waals surface area contributed by atoms with E-state index in [1.54, 1.807) is 4.31 Å². The van der Waals surface area contributed by atoms with Gasteiger partial charge in [-0.1, -0.05) is 19.8 Å². The topological polar surface area (TPSA) is 63.4 Å². The zero-order valence-corrected chi connectivity index (χ0v) is 13.4. The SMILES string of the molecule is CCCC1CCCCN1S(=O)(=O)c1cc(C)c(F)c(N)c1. The van der Waals surface area contributed by atoms with Crippen LogP contribution in [0.4, 0.5) is 10.1 Å². The summed E-state index contributed by atoms with van der Waals surface area (Å²) in [7, 11) is -3.61. The zero-order chi connectivity index (χ0) is 15.6. The normalized spacial score (nSPS) is 20.6. The number of halogens is 1. The van der Waals surface area contributed by atoms with E-state index in [0.29, 0.717) is 6.54 Å². The van der Waals surface area contributed by atoms with E-state index in [1.165, 1.54) is 19.1 Å². The lowest BCUT2D eigenvalue weighted by Crippen LogP contribution is -2.43. The number of nitrogens with two attached hydrogens (primary N) is 1. The first-order chi connectivity index (χ1) is 9.87. The van der Waals surface area contributed by atoms with Gasteiger partial charge in [-0.15, -0.1) is 0 Å². The minimum Gasteiger partial charge on any atom is -0.396 e. The average molecular weight is 314 g/mol. The molecule has 0 aliphatic carbocycles. The number of piperidine rings is 1. The van der Waals surface area contributed by atoms with E-state index in [9.17, 15) is 12.8 Å². The second-order valence-corrected chi connectivity index (χ2v) is 7.59. The van der Waals surface area contributed by atoms with Crippen LogP contribution in [-0.2, 0) is 10.0 Å². The lowest BCUT2D eigenvalue weighted by atomic mass is 10.0. The molecule has 0 spiro atoms. The van der Waals surface area contributed by atoms with Crippen LogP contribution in [0.3, 0.4) is 0 Å². The van der Waals surface area contributed by atoms with Crippen molar-refractivity contribution in [3.8, 4) is 0 Å². The first-order valence-corrected chi connectivity index (χ1v) is 8.89. The van der Waals surface area contributed by atoms with Gasteiger partial charge in [-0.25, -0.2) is 12.8 Å². The molecule has 4 nitrogen and oxygen atoms in total. The molecule has 1 fully saturated rings. The minimum atomic E-state index is -3.61. The van der Waals surface area contributed by atoms with Crippen molar-refractivity contribution in [2.45, 2.75) is 56.9 Å². The summed E-state index contributed by atoms with van der Waals surface area (Å²) >= 11 is 0. The Kier molecular flexibility index (Phi) is 4.88. The first-order valence-electron chi connectivity index (χ1n) is 7.45. The summed E-state index contributed by atoms with van der Waals surface area (Å²) in [5.41, 5.74) is 5.73. The van der Waals surface area contributed by atoms with Gasteiger partial charge in [0.1, 0.15) is 5.82 Å². The van der Waals surface area contributed by atoms with Crippen molar-refractivity contribution in [3.05, 3.63) is 23.5 Å². The van der Waals surface area contributed by atoms with Gasteiger partial charge in [0.25, 0.3) is 0 Å². The molecule has 1 unspecified atom stereocenters. The summed E-state index contributed by atoms with van der Waals surface area (Å²) < 4.78 is 40.9. The van der Waals surface area contributed by atoms with E-state index in [-0.39, 0.29) is 22.2 Å². The van der Waals surface area contributed by atoms with Crippen molar-refractivity contribution in [3.63, 3.8) is 0 Å². The van der Waals surface area contributed by atoms with Gasteiger partial charge in [0.15, 0.2) is 0 Å². The highest BCUT2D eigenvalue weighted by Gasteiger charge is 2.33. The van der Waals surface area contributed by atoms with Crippen molar-refractivity contribution >= 4 is 15.7 Å². The van der Waals surface area contributed by atoms with Gasteiger partial charge in [0.2, 0.25) is 10.0 Å². The van der Waals surface area contributed by atoms with Gasteiger partial charge < -0.3 is 5.73 Å². The molecule has 6 heteroatoms.